The second kappa shape index (κ2) is 7.45. The van der Waals surface area contributed by atoms with Crippen molar-refractivity contribution in [3.63, 3.8) is 0 Å². The van der Waals surface area contributed by atoms with Gasteiger partial charge in [0.2, 0.25) is 0 Å². The molecule has 10 heteroatoms. The van der Waals surface area contributed by atoms with Gasteiger partial charge in [-0.2, -0.15) is 17.4 Å². The summed E-state index contributed by atoms with van der Waals surface area (Å²) < 4.78 is 37.6. The molecule has 1 aliphatic rings. The van der Waals surface area contributed by atoms with Crippen LogP contribution in [0.15, 0.2) is 0 Å². The minimum atomic E-state index is -3.82. The van der Waals surface area contributed by atoms with Gasteiger partial charge in [0.25, 0.3) is 10.2 Å². The first-order valence-electron chi connectivity index (χ1n) is 7.29. The lowest BCUT2D eigenvalue weighted by atomic mass is 10.2. The molecule has 0 radical (unpaired) electrons. The Hall–Kier alpha value is -1.39. The molecule has 1 amide bonds. The van der Waals surface area contributed by atoms with Gasteiger partial charge in [-0.05, 0) is 27.7 Å². The minimum absolute atomic E-state index is 0.127. The number of nitrogens with zero attached hydrogens (tertiary/aromatic N) is 2. The van der Waals surface area contributed by atoms with E-state index in [1.54, 1.807) is 20.8 Å². The summed E-state index contributed by atoms with van der Waals surface area (Å²) in [5.41, 5.74) is -0.599. The molecule has 134 valence electrons. The Morgan fingerprint density at radius 1 is 1.13 bits per heavy atom. The highest BCUT2D eigenvalue weighted by atomic mass is 32.2. The molecule has 1 rings (SSSR count). The van der Waals surface area contributed by atoms with Gasteiger partial charge in [-0.25, -0.2) is 4.79 Å². The number of carbonyl (C=O) groups excluding carboxylic acids is 2. The van der Waals surface area contributed by atoms with E-state index in [2.05, 4.69) is 9.46 Å². The minimum Gasteiger partial charge on any atom is -0.468 e. The fourth-order valence-electron chi connectivity index (χ4n) is 1.96. The molecule has 0 spiro atoms. The molecule has 1 N–H and O–H groups in total. The Bertz CT molecular complexity index is 534. The third-order valence-electron chi connectivity index (χ3n) is 3.11. The Kier molecular flexibility index (Phi) is 6.37. The SMILES string of the molecule is COC(=O)C(C)NS(=O)(=O)N1CCN(C(=O)OC(C)(C)C)CC1. The van der Waals surface area contributed by atoms with Gasteiger partial charge >= 0.3 is 12.1 Å². The number of carbonyl (C=O) groups is 2. The Morgan fingerprint density at radius 2 is 1.65 bits per heavy atom. The highest BCUT2D eigenvalue weighted by molar-refractivity contribution is 7.87. The van der Waals surface area contributed by atoms with Gasteiger partial charge in [-0.3, -0.25) is 4.79 Å². The van der Waals surface area contributed by atoms with E-state index < -0.39 is 33.9 Å². The quantitative estimate of drug-likeness (QED) is 0.711. The molecular weight excluding hydrogens is 326 g/mol. The predicted molar refractivity (Wildman–Crippen MR) is 82.9 cm³/mol. The van der Waals surface area contributed by atoms with Gasteiger partial charge < -0.3 is 14.4 Å². The van der Waals surface area contributed by atoms with Crippen molar-refractivity contribution in [1.29, 1.82) is 0 Å². The number of piperazine rings is 1. The van der Waals surface area contributed by atoms with Gasteiger partial charge in [0.15, 0.2) is 0 Å². The third kappa shape index (κ3) is 5.96. The van der Waals surface area contributed by atoms with Crippen molar-refractivity contribution in [3.8, 4) is 0 Å². The summed E-state index contributed by atoms with van der Waals surface area (Å²) >= 11 is 0. The van der Waals surface area contributed by atoms with Gasteiger partial charge in [0.05, 0.1) is 7.11 Å². The van der Waals surface area contributed by atoms with Crippen molar-refractivity contribution in [2.24, 2.45) is 0 Å². The van der Waals surface area contributed by atoms with Crippen LogP contribution in [-0.4, -0.2) is 74.6 Å². The topological polar surface area (TPSA) is 105 Å². The predicted octanol–water partition coefficient (Wildman–Crippen LogP) is -0.0650. The molecular formula is C13H25N3O6S. The molecule has 0 aromatic carbocycles. The normalized spacial score (nSPS) is 18.4. The van der Waals surface area contributed by atoms with E-state index in [9.17, 15) is 18.0 Å². The van der Waals surface area contributed by atoms with Crippen LogP contribution in [-0.2, 0) is 24.5 Å². The summed E-state index contributed by atoms with van der Waals surface area (Å²) in [5, 5.41) is 0. The summed E-state index contributed by atoms with van der Waals surface area (Å²) in [6.45, 7) is 7.41. The van der Waals surface area contributed by atoms with E-state index in [0.29, 0.717) is 0 Å². The van der Waals surface area contributed by atoms with Crippen LogP contribution in [0.2, 0.25) is 0 Å². The molecule has 1 heterocycles. The number of hydrogen-bond donors (Lipinski definition) is 1. The van der Waals surface area contributed by atoms with Gasteiger partial charge in [-0.15, -0.1) is 0 Å². The maximum atomic E-state index is 12.2. The van der Waals surface area contributed by atoms with Gasteiger partial charge in [0, 0.05) is 26.2 Å². The Labute approximate surface area is 137 Å². The molecule has 0 aromatic rings. The molecule has 1 saturated heterocycles. The van der Waals surface area contributed by atoms with Crippen LogP contribution < -0.4 is 4.72 Å². The fraction of sp³-hybridized carbons (Fsp3) is 0.846. The number of rotatable bonds is 4. The number of hydrogen-bond acceptors (Lipinski definition) is 6. The summed E-state index contributed by atoms with van der Waals surface area (Å²) in [7, 11) is -2.63. The largest absolute Gasteiger partial charge is 0.468 e. The van der Waals surface area contributed by atoms with Crippen molar-refractivity contribution in [2.75, 3.05) is 33.3 Å². The molecule has 23 heavy (non-hydrogen) atoms. The van der Waals surface area contributed by atoms with Crippen molar-refractivity contribution in [2.45, 2.75) is 39.3 Å². The van der Waals surface area contributed by atoms with Crippen molar-refractivity contribution in [3.05, 3.63) is 0 Å². The van der Waals surface area contributed by atoms with Crippen molar-refractivity contribution in [1.82, 2.24) is 13.9 Å². The van der Waals surface area contributed by atoms with E-state index >= 15 is 0 Å². The van der Waals surface area contributed by atoms with Gasteiger partial charge in [-0.1, -0.05) is 0 Å². The standard InChI is InChI=1S/C13H25N3O6S/c1-10(11(17)21-5)14-23(19,20)16-8-6-15(7-9-16)12(18)22-13(2,3)4/h10,14H,6-9H2,1-5H3. The number of nitrogens with one attached hydrogen (secondary N) is 1. The molecule has 0 bridgehead atoms. The lowest BCUT2D eigenvalue weighted by Crippen LogP contribution is -2.55. The lowest BCUT2D eigenvalue weighted by molar-refractivity contribution is -0.142. The molecule has 0 aromatic heterocycles. The van der Waals surface area contributed by atoms with E-state index in [1.165, 1.54) is 23.2 Å². The maximum absolute atomic E-state index is 12.2. The number of esters is 1. The first kappa shape index (κ1) is 19.7. The molecule has 0 saturated carbocycles. The molecule has 1 atom stereocenters. The van der Waals surface area contributed by atoms with Crippen LogP contribution >= 0.6 is 0 Å². The number of methoxy groups -OCH3 is 1. The molecule has 1 aliphatic heterocycles. The molecule has 1 fully saturated rings. The first-order chi connectivity index (χ1) is 10.5. The van der Waals surface area contributed by atoms with E-state index in [0.717, 1.165) is 0 Å². The van der Waals surface area contributed by atoms with Crippen LogP contribution in [0.25, 0.3) is 0 Å². The van der Waals surface area contributed by atoms with Crippen LogP contribution in [0.4, 0.5) is 4.79 Å². The third-order valence-corrected chi connectivity index (χ3v) is 4.81. The second-order valence-electron chi connectivity index (χ2n) is 6.23. The highest BCUT2D eigenvalue weighted by Crippen LogP contribution is 2.13. The zero-order valence-corrected chi connectivity index (χ0v) is 15.0. The van der Waals surface area contributed by atoms with Crippen molar-refractivity contribution < 1.29 is 27.5 Å². The summed E-state index contributed by atoms with van der Waals surface area (Å²) in [6, 6.07) is -0.978. The number of amides is 1. The average Bonchev–Trinajstić information content (AvgIpc) is 2.44. The van der Waals surface area contributed by atoms with Crippen LogP contribution in [0.5, 0.6) is 0 Å². The zero-order valence-electron chi connectivity index (χ0n) is 14.2. The average molecular weight is 351 g/mol. The van der Waals surface area contributed by atoms with E-state index in [1.807, 2.05) is 0 Å². The molecule has 9 nitrogen and oxygen atoms in total. The second-order valence-corrected chi connectivity index (χ2v) is 7.94. The zero-order chi connectivity index (χ0) is 17.8. The smallest absolute Gasteiger partial charge is 0.410 e. The van der Waals surface area contributed by atoms with E-state index in [4.69, 9.17) is 4.74 Å². The summed E-state index contributed by atoms with van der Waals surface area (Å²) in [6.07, 6.45) is -0.467. The van der Waals surface area contributed by atoms with Gasteiger partial charge in [0.1, 0.15) is 11.6 Å². The lowest BCUT2D eigenvalue weighted by Gasteiger charge is -2.35. The van der Waals surface area contributed by atoms with Crippen molar-refractivity contribution >= 4 is 22.3 Å². The monoisotopic (exact) mass is 351 g/mol. The first-order valence-corrected chi connectivity index (χ1v) is 8.73. The summed E-state index contributed by atoms with van der Waals surface area (Å²) in [4.78, 5) is 24.7. The van der Waals surface area contributed by atoms with Crippen LogP contribution in [0, 0.1) is 0 Å². The Balaban J connectivity index is 2.58. The Morgan fingerprint density at radius 3 is 2.09 bits per heavy atom. The number of ether oxygens (including phenoxy) is 2. The van der Waals surface area contributed by atoms with E-state index in [-0.39, 0.29) is 26.2 Å². The maximum Gasteiger partial charge on any atom is 0.410 e. The van der Waals surface area contributed by atoms with Crippen LogP contribution in [0.1, 0.15) is 27.7 Å². The fourth-order valence-corrected chi connectivity index (χ4v) is 3.30. The highest BCUT2D eigenvalue weighted by Gasteiger charge is 2.32. The molecule has 0 aliphatic carbocycles. The molecule has 1 unspecified atom stereocenters. The summed E-state index contributed by atoms with van der Waals surface area (Å²) in [5.74, 6) is -0.666. The van der Waals surface area contributed by atoms with Crippen LogP contribution in [0.3, 0.4) is 0 Å².